The average molecular weight is 385 g/mol. The molecule has 9 heteroatoms. The summed E-state index contributed by atoms with van der Waals surface area (Å²) < 4.78 is 24.9. The van der Waals surface area contributed by atoms with Gasteiger partial charge in [-0.1, -0.05) is 11.6 Å². The molecule has 0 saturated heterocycles. The average Bonchev–Trinajstić information content (AvgIpc) is 2.72. The van der Waals surface area contributed by atoms with Crippen molar-refractivity contribution in [2.75, 3.05) is 0 Å². The van der Waals surface area contributed by atoms with E-state index in [-0.39, 0.29) is 5.16 Å². The Bertz CT molecular complexity index is 730. The summed E-state index contributed by atoms with van der Waals surface area (Å²) in [6.45, 7) is 2.15. The van der Waals surface area contributed by atoms with Gasteiger partial charge in [-0.3, -0.25) is 4.57 Å². The molecule has 0 aliphatic heterocycles. The Kier molecular flexibility index (Phi) is 4.20. The summed E-state index contributed by atoms with van der Waals surface area (Å²) in [6, 6.07) is 5.11. The molecule has 0 amide bonds. The highest BCUT2D eigenvalue weighted by atomic mass is 79.9. The van der Waals surface area contributed by atoms with Gasteiger partial charge in [0.15, 0.2) is 5.82 Å². The van der Waals surface area contributed by atoms with Crippen LogP contribution in [0, 0.1) is 0 Å². The van der Waals surface area contributed by atoms with Crippen LogP contribution in [0.25, 0.3) is 11.4 Å². The number of rotatable bonds is 3. The topological polar surface area (TPSA) is 64.8 Å². The van der Waals surface area contributed by atoms with Gasteiger partial charge in [0, 0.05) is 32.3 Å². The van der Waals surface area contributed by atoms with E-state index >= 15 is 0 Å². The lowest BCUT2D eigenvalue weighted by atomic mass is 10.2. The SMILES string of the molecule is CCn1c(-c2ccc(Cl)cc2Br)nnc1S(=O)(=O)Cl. The molecule has 0 radical (unpaired) electrons. The lowest BCUT2D eigenvalue weighted by Crippen LogP contribution is -2.06. The molecule has 0 spiro atoms. The lowest BCUT2D eigenvalue weighted by molar-refractivity contribution is 0.582. The molecule has 0 N–H and O–H groups in total. The number of benzene rings is 1. The second-order valence-electron chi connectivity index (χ2n) is 3.61. The third kappa shape index (κ3) is 2.94. The molecule has 1 aromatic carbocycles. The minimum absolute atomic E-state index is 0.270. The lowest BCUT2D eigenvalue weighted by Gasteiger charge is -2.07. The molecular weight excluding hydrogens is 377 g/mol. The summed E-state index contributed by atoms with van der Waals surface area (Å²) in [5, 5.41) is 7.82. The third-order valence-electron chi connectivity index (χ3n) is 2.42. The molecule has 0 bridgehead atoms. The van der Waals surface area contributed by atoms with Crippen LogP contribution in [0.3, 0.4) is 0 Å². The zero-order valence-corrected chi connectivity index (χ0v) is 13.6. The molecule has 5 nitrogen and oxygen atoms in total. The van der Waals surface area contributed by atoms with Crippen LogP contribution in [0.5, 0.6) is 0 Å². The van der Waals surface area contributed by atoms with Gasteiger partial charge in [0.05, 0.1) is 0 Å². The van der Waals surface area contributed by atoms with Gasteiger partial charge in [-0.05, 0) is 41.1 Å². The van der Waals surface area contributed by atoms with Crippen molar-refractivity contribution in [1.82, 2.24) is 14.8 Å². The fourth-order valence-electron chi connectivity index (χ4n) is 1.62. The Hall–Kier alpha value is -0.630. The maximum absolute atomic E-state index is 11.4. The normalized spacial score (nSPS) is 11.8. The largest absolute Gasteiger partial charge is 0.297 e. The van der Waals surface area contributed by atoms with Gasteiger partial charge >= 0.3 is 0 Å². The van der Waals surface area contributed by atoms with Crippen molar-refractivity contribution in [3.8, 4) is 11.4 Å². The first kappa shape index (κ1) is 14.8. The summed E-state index contributed by atoms with van der Waals surface area (Å²) in [6.07, 6.45) is 0. The fourth-order valence-corrected chi connectivity index (χ4v) is 3.44. The zero-order chi connectivity index (χ0) is 14.2. The highest BCUT2D eigenvalue weighted by Gasteiger charge is 2.23. The molecule has 2 rings (SSSR count). The van der Waals surface area contributed by atoms with Gasteiger partial charge in [0.1, 0.15) is 0 Å². The predicted molar refractivity (Wildman–Crippen MR) is 76.9 cm³/mol. The van der Waals surface area contributed by atoms with Crippen LogP contribution in [-0.2, 0) is 15.6 Å². The number of aromatic nitrogens is 3. The molecule has 0 fully saturated rings. The minimum atomic E-state index is -3.93. The van der Waals surface area contributed by atoms with E-state index in [0.717, 1.165) is 0 Å². The number of hydrogen-bond donors (Lipinski definition) is 0. The van der Waals surface area contributed by atoms with Crippen LogP contribution in [-0.4, -0.2) is 23.2 Å². The van der Waals surface area contributed by atoms with E-state index in [0.29, 0.717) is 27.4 Å². The van der Waals surface area contributed by atoms with Crippen LogP contribution < -0.4 is 0 Å². The molecule has 19 heavy (non-hydrogen) atoms. The van der Waals surface area contributed by atoms with Crippen molar-refractivity contribution in [1.29, 1.82) is 0 Å². The van der Waals surface area contributed by atoms with Gasteiger partial charge in [-0.25, -0.2) is 8.42 Å². The van der Waals surface area contributed by atoms with E-state index < -0.39 is 9.05 Å². The summed E-state index contributed by atoms with van der Waals surface area (Å²) >= 11 is 9.22. The molecular formula is C10H8BrCl2N3O2S. The molecule has 1 heterocycles. The van der Waals surface area contributed by atoms with E-state index in [1.807, 2.05) is 0 Å². The molecule has 0 saturated carbocycles. The van der Waals surface area contributed by atoms with Crippen LogP contribution >= 0.6 is 38.2 Å². The fraction of sp³-hybridized carbons (Fsp3) is 0.200. The minimum Gasteiger partial charge on any atom is -0.297 e. The second-order valence-corrected chi connectivity index (χ2v) is 7.36. The summed E-state index contributed by atoms with van der Waals surface area (Å²) in [7, 11) is 1.39. The quantitative estimate of drug-likeness (QED) is 0.761. The molecule has 1 aromatic heterocycles. The van der Waals surface area contributed by atoms with Crippen molar-refractivity contribution in [2.24, 2.45) is 0 Å². The molecule has 0 aliphatic rings. The molecule has 0 unspecified atom stereocenters. The van der Waals surface area contributed by atoms with Gasteiger partial charge in [0.2, 0.25) is 0 Å². The van der Waals surface area contributed by atoms with Gasteiger partial charge in [-0.15, -0.1) is 10.2 Å². The monoisotopic (exact) mass is 383 g/mol. The second kappa shape index (κ2) is 5.40. The first-order valence-electron chi connectivity index (χ1n) is 5.18. The highest BCUT2D eigenvalue weighted by Crippen LogP contribution is 2.31. The van der Waals surface area contributed by atoms with Crippen molar-refractivity contribution in [3.05, 3.63) is 27.7 Å². The van der Waals surface area contributed by atoms with E-state index in [1.54, 1.807) is 25.1 Å². The Labute approximate surface area is 128 Å². The summed E-state index contributed by atoms with van der Waals surface area (Å²) in [5.41, 5.74) is 0.685. The maximum atomic E-state index is 11.4. The first-order chi connectivity index (χ1) is 8.84. The Balaban J connectivity index is 2.67. The molecule has 0 atom stereocenters. The molecule has 102 valence electrons. The van der Waals surface area contributed by atoms with Gasteiger partial charge < -0.3 is 0 Å². The van der Waals surface area contributed by atoms with Crippen molar-refractivity contribution in [2.45, 2.75) is 18.6 Å². The Morgan fingerprint density at radius 1 is 1.37 bits per heavy atom. The number of hydrogen-bond acceptors (Lipinski definition) is 4. The zero-order valence-electron chi connectivity index (χ0n) is 9.64. The van der Waals surface area contributed by atoms with E-state index in [1.165, 1.54) is 4.57 Å². The van der Waals surface area contributed by atoms with Crippen molar-refractivity contribution < 1.29 is 8.42 Å². The predicted octanol–water partition coefficient (Wildman–Crippen LogP) is 3.31. The van der Waals surface area contributed by atoms with Crippen LogP contribution in [0.4, 0.5) is 0 Å². The highest BCUT2D eigenvalue weighted by molar-refractivity contribution is 9.10. The van der Waals surface area contributed by atoms with Crippen molar-refractivity contribution in [3.63, 3.8) is 0 Å². The maximum Gasteiger partial charge on any atom is 0.296 e. The Morgan fingerprint density at radius 3 is 2.58 bits per heavy atom. The molecule has 2 aromatic rings. The van der Waals surface area contributed by atoms with Crippen LogP contribution in [0.15, 0.2) is 27.8 Å². The van der Waals surface area contributed by atoms with Gasteiger partial charge in [-0.2, -0.15) is 0 Å². The van der Waals surface area contributed by atoms with E-state index in [4.69, 9.17) is 22.3 Å². The summed E-state index contributed by atoms with van der Waals surface area (Å²) in [4.78, 5) is 0. The van der Waals surface area contributed by atoms with Crippen molar-refractivity contribution >= 4 is 47.3 Å². The standard InChI is InChI=1S/C10H8BrCl2N3O2S/c1-2-16-9(14-15-10(16)19(13,17)18)7-4-3-6(12)5-8(7)11/h3-5H,2H2,1H3. The first-order valence-corrected chi connectivity index (χ1v) is 8.66. The van der Waals surface area contributed by atoms with Crippen LogP contribution in [0.1, 0.15) is 6.92 Å². The molecule has 0 aliphatic carbocycles. The number of nitrogens with zero attached hydrogens (tertiary/aromatic N) is 3. The third-order valence-corrected chi connectivity index (χ3v) is 4.47. The van der Waals surface area contributed by atoms with Crippen LogP contribution in [0.2, 0.25) is 5.02 Å². The van der Waals surface area contributed by atoms with E-state index in [9.17, 15) is 8.42 Å². The van der Waals surface area contributed by atoms with Gasteiger partial charge in [0.25, 0.3) is 14.2 Å². The summed E-state index contributed by atoms with van der Waals surface area (Å²) in [5.74, 6) is 0.408. The number of halogens is 3. The smallest absolute Gasteiger partial charge is 0.296 e. The van der Waals surface area contributed by atoms with E-state index in [2.05, 4.69) is 26.1 Å². The Morgan fingerprint density at radius 2 is 2.05 bits per heavy atom.